The van der Waals surface area contributed by atoms with Crippen molar-refractivity contribution in [3.05, 3.63) is 72.2 Å². The Balaban J connectivity index is 0.00000306. The van der Waals surface area contributed by atoms with Crippen molar-refractivity contribution in [2.75, 3.05) is 33.8 Å². The minimum atomic E-state index is 0. The summed E-state index contributed by atoms with van der Waals surface area (Å²) >= 11 is 0. The minimum Gasteiger partial charge on any atom is -0.496 e. The summed E-state index contributed by atoms with van der Waals surface area (Å²) < 4.78 is 7.41. The maximum absolute atomic E-state index is 5.65. The first-order valence-corrected chi connectivity index (χ1v) is 11.0. The van der Waals surface area contributed by atoms with Crippen molar-refractivity contribution in [1.82, 2.24) is 30.3 Å². The van der Waals surface area contributed by atoms with Crippen molar-refractivity contribution in [2.45, 2.75) is 25.4 Å². The zero-order valence-electron chi connectivity index (χ0n) is 19.1. The van der Waals surface area contributed by atoms with E-state index in [1.807, 2.05) is 36.5 Å². The minimum absolute atomic E-state index is 0. The number of halogens is 1. The number of nitrogens with one attached hydrogen (secondary N) is 2. The number of ether oxygens (including phenoxy) is 1. The van der Waals surface area contributed by atoms with Crippen molar-refractivity contribution in [2.24, 2.45) is 4.99 Å². The molecule has 9 heteroatoms. The van der Waals surface area contributed by atoms with Gasteiger partial charge in [0.1, 0.15) is 5.75 Å². The highest BCUT2D eigenvalue weighted by Gasteiger charge is 2.26. The van der Waals surface area contributed by atoms with Crippen LogP contribution in [0.4, 0.5) is 0 Å². The number of nitrogens with zero attached hydrogens (tertiary/aromatic N) is 5. The summed E-state index contributed by atoms with van der Waals surface area (Å²) in [5.41, 5.74) is 2.31. The van der Waals surface area contributed by atoms with Crippen molar-refractivity contribution < 1.29 is 4.74 Å². The second-order valence-corrected chi connectivity index (χ2v) is 7.78. The number of methoxy groups -OCH3 is 1. The molecule has 1 atom stereocenters. The number of hydrogen-bond donors (Lipinski definition) is 2. The Morgan fingerprint density at radius 1 is 1.12 bits per heavy atom. The largest absolute Gasteiger partial charge is 0.496 e. The van der Waals surface area contributed by atoms with E-state index in [0.717, 1.165) is 42.7 Å². The van der Waals surface area contributed by atoms with E-state index in [4.69, 9.17) is 4.74 Å². The number of aliphatic imine (C=N–C) groups is 1. The van der Waals surface area contributed by atoms with Gasteiger partial charge in [-0.3, -0.25) is 9.89 Å². The molecule has 0 saturated carbocycles. The summed E-state index contributed by atoms with van der Waals surface area (Å²) in [4.78, 5) is 11.3. The van der Waals surface area contributed by atoms with Gasteiger partial charge in [-0.25, -0.2) is 9.67 Å². The van der Waals surface area contributed by atoms with Crippen molar-refractivity contribution in [3.8, 4) is 11.6 Å². The molecule has 2 N–H and O–H groups in total. The van der Waals surface area contributed by atoms with Crippen LogP contribution in [0.1, 0.15) is 30.0 Å². The van der Waals surface area contributed by atoms with E-state index in [-0.39, 0.29) is 30.0 Å². The quantitative estimate of drug-likeness (QED) is 0.250. The molecule has 1 aromatic carbocycles. The van der Waals surface area contributed by atoms with Crippen LogP contribution in [-0.2, 0) is 6.54 Å². The molecule has 1 unspecified atom stereocenters. The van der Waals surface area contributed by atoms with Gasteiger partial charge in [-0.05, 0) is 55.8 Å². The van der Waals surface area contributed by atoms with Gasteiger partial charge in [0, 0.05) is 44.3 Å². The van der Waals surface area contributed by atoms with E-state index in [0.29, 0.717) is 6.54 Å². The van der Waals surface area contributed by atoms with Crippen molar-refractivity contribution in [1.29, 1.82) is 0 Å². The molecule has 1 aliphatic heterocycles. The van der Waals surface area contributed by atoms with Gasteiger partial charge in [-0.15, -0.1) is 24.0 Å². The van der Waals surface area contributed by atoms with E-state index in [2.05, 4.69) is 42.7 Å². The van der Waals surface area contributed by atoms with Gasteiger partial charge in [0.25, 0.3) is 0 Å². The highest BCUT2D eigenvalue weighted by atomic mass is 127. The molecule has 176 valence electrons. The lowest BCUT2D eigenvalue weighted by Gasteiger charge is -2.30. The molecule has 0 radical (unpaired) electrons. The third-order valence-corrected chi connectivity index (χ3v) is 5.77. The first-order valence-electron chi connectivity index (χ1n) is 11.0. The maximum Gasteiger partial charge on any atom is 0.191 e. The Bertz CT molecular complexity index is 1020. The predicted octanol–water partition coefficient (Wildman–Crippen LogP) is 3.40. The summed E-state index contributed by atoms with van der Waals surface area (Å²) in [7, 11) is 3.53. The molecule has 0 bridgehead atoms. The molecule has 33 heavy (non-hydrogen) atoms. The maximum atomic E-state index is 5.65. The lowest BCUT2D eigenvalue weighted by atomic mass is 10.0. The molecular weight excluding hydrogens is 529 g/mol. The second kappa shape index (κ2) is 12.5. The first-order chi connectivity index (χ1) is 15.8. The van der Waals surface area contributed by atoms with Crippen LogP contribution in [0.3, 0.4) is 0 Å². The Kier molecular flexibility index (Phi) is 9.49. The first kappa shape index (κ1) is 25.0. The van der Waals surface area contributed by atoms with E-state index in [1.54, 1.807) is 31.2 Å². The van der Waals surface area contributed by atoms with Gasteiger partial charge in [0.15, 0.2) is 11.8 Å². The van der Waals surface area contributed by atoms with E-state index >= 15 is 0 Å². The van der Waals surface area contributed by atoms with Crippen LogP contribution in [0.15, 0.2) is 66.0 Å². The molecule has 0 aliphatic carbocycles. The van der Waals surface area contributed by atoms with E-state index < -0.39 is 0 Å². The van der Waals surface area contributed by atoms with Crippen LogP contribution in [-0.4, -0.2) is 59.4 Å². The zero-order chi connectivity index (χ0) is 22.2. The molecule has 8 nitrogen and oxygen atoms in total. The Morgan fingerprint density at radius 3 is 2.67 bits per heavy atom. The number of rotatable bonds is 8. The molecule has 1 fully saturated rings. The van der Waals surface area contributed by atoms with Gasteiger partial charge < -0.3 is 15.4 Å². The summed E-state index contributed by atoms with van der Waals surface area (Å²) in [5, 5.41) is 11.2. The molecule has 4 rings (SSSR count). The third-order valence-electron chi connectivity index (χ3n) is 5.77. The van der Waals surface area contributed by atoms with E-state index in [1.165, 1.54) is 18.4 Å². The highest BCUT2D eigenvalue weighted by Crippen LogP contribution is 2.31. The topological polar surface area (TPSA) is 79.6 Å². The zero-order valence-corrected chi connectivity index (χ0v) is 21.5. The van der Waals surface area contributed by atoms with Crippen LogP contribution < -0.4 is 15.4 Å². The molecule has 3 heterocycles. The number of aromatic nitrogens is 3. The summed E-state index contributed by atoms with van der Waals surface area (Å²) in [6.45, 7) is 3.59. The van der Waals surface area contributed by atoms with Crippen LogP contribution in [0.25, 0.3) is 5.82 Å². The lowest BCUT2D eigenvalue weighted by Crippen LogP contribution is -2.42. The molecule has 3 aromatic rings. The van der Waals surface area contributed by atoms with Crippen molar-refractivity contribution >= 4 is 29.9 Å². The van der Waals surface area contributed by atoms with Crippen LogP contribution in [0, 0.1) is 0 Å². The summed E-state index contributed by atoms with van der Waals surface area (Å²) in [5.74, 6) is 2.49. The Labute approximate surface area is 212 Å². The number of pyridine rings is 1. The summed E-state index contributed by atoms with van der Waals surface area (Å²) in [6.07, 6.45) is 7.90. The standard InChI is InChI=1S/C24H31N7O.HI/c1-25-24(27-17-19-10-12-26-23(16-19)31-15-7-11-29-31)28-18-21(30-13-5-6-14-30)20-8-3-4-9-22(20)32-2;/h3-4,7-12,15-16,21H,5-6,13-14,17-18H2,1-2H3,(H2,25,27,28);1H. The number of likely N-dealkylation sites (tertiary alicyclic amines) is 1. The van der Waals surface area contributed by atoms with Gasteiger partial charge in [0.05, 0.1) is 13.2 Å². The average Bonchev–Trinajstić information content (AvgIpc) is 3.56. The average molecular weight is 561 g/mol. The molecule has 1 saturated heterocycles. The van der Waals surface area contributed by atoms with Crippen LogP contribution in [0.2, 0.25) is 0 Å². The lowest BCUT2D eigenvalue weighted by molar-refractivity contribution is 0.239. The fraction of sp³-hybridized carbons (Fsp3) is 0.375. The highest BCUT2D eigenvalue weighted by molar-refractivity contribution is 14.0. The second-order valence-electron chi connectivity index (χ2n) is 7.78. The fourth-order valence-corrected chi connectivity index (χ4v) is 4.13. The smallest absolute Gasteiger partial charge is 0.191 e. The fourth-order valence-electron chi connectivity index (χ4n) is 4.13. The summed E-state index contributed by atoms with van der Waals surface area (Å²) in [6, 6.07) is 14.4. The Morgan fingerprint density at radius 2 is 1.94 bits per heavy atom. The number of hydrogen-bond acceptors (Lipinski definition) is 5. The van der Waals surface area contributed by atoms with Gasteiger partial charge in [0.2, 0.25) is 0 Å². The molecular formula is C24H32IN7O. The van der Waals surface area contributed by atoms with Gasteiger partial charge in [-0.1, -0.05) is 18.2 Å². The van der Waals surface area contributed by atoms with Crippen LogP contribution in [0.5, 0.6) is 5.75 Å². The van der Waals surface area contributed by atoms with Crippen molar-refractivity contribution in [3.63, 3.8) is 0 Å². The molecule has 0 spiro atoms. The van der Waals surface area contributed by atoms with Gasteiger partial charge in [-0.2, -0.15) is 5.10 Å². The normalized spacial score (nSPS) is 15.0. The SMILES string of the molecule is CN=C(NCc1ccnc(-n2cccn2)c1)NCC(c1ccccc1OC)N1CCCC1.I. The van der Waals surface area contributed by atoms with Gasteiger partial charge >= 0.3 is 0 Å². The third kappa shape index (κ3) is 6.44. The number of benzene rings is 1. The molecule has 0 amide bonds. The van der Waals surface area contributed by atoms with Crippen LogP contribution >= 0.6 is 24.0 Å². The monoisotopic (exact) mass is 561 g/mol. The number of guanidine groups is 1. The van der Waals surface area contributed by atoms with E-state index in [9.17, 15) is 0 Å². The predicted molar refractivity (Wildman–Crippen MR) is 142 cm³/mol. The molecule has 2 aromatic heterocycles. The molecule has 1 aliphatic rings. The number of para-hydroxylation sites is 1. The Hall–Kier alpha value is -2.66.